The van der Waals surface area contributed by atoms with Gasteiger partial charge in [-0.1, -0.05) is 6.92 Å². The first-order valence-electron chi connectivity index (χ1n) is 5.06. The van der Waals surface area contributed by atoms with E-state index in [2.05, 4.69) is 15.6 Å². The van der Waals surface area contributed by atoms with Crippen LogP contribution in [0.1, 0.15) is 25.5 Å². The monoisotopic (exact) mass is 211 g/mol. The van der Waals surface area contributed by atoms with Gasteiger partial charge in [-0.2, -0.15) is 0 Å². The molecule has 2 N–H and O–H groups in total. The van der Waals surface area contributed by atoms with Crippen molar-refractivity contribution in [2.75, 3.05) is 7.05 Å². The molecule has 0 aliphatic carbocycles. The van der Waals surface area contributed by atoms with Crippen LogP contribution in [0, 0.1) is 0 Å². The van der Waals surface area contributed by atoms with E-state index >= 15 is 0 Å². The minimum atomic E-state index is -0.203. The molecule has 1 unspecified atom stereocenters. The van der Waals surface area contributed by atoms with E-state index in [1.54, 1.807) is 20.2 Å². The van der Waals surface area contributed by atoms with Gasteiger partial charge >= 0.3 is 0 Å². The Labute approximate surface area is 89.3 Å². The number of oxazole rings is 1. The van der Waals surface area contributed by atoms with Crippen molar-refractivity contribution in [1.82, 2.24) is 15.6 Å². The molecule has 0 saturated carbocycles. The molecule has 1 aromatic rings. The van der Waals surface area contributed by atoms with Crippen molar-refractivity contribution in [3.05, 3.63) is 17.8 Å². The molecular weight excluding hydrogens is 194 g/mol. The number of nitrogens with zero attached hydrogens (tertiary/aromatic N) is 1. The topological polar surface area (TPSA) is 67.2 Å². The molecule has 15 heavy (non-hydrogen) atoms. The van der Waals surface area contributed by atoms with Gasteiger partial charge in [-0.25, -0.2) is 4.98 Å². The van der Waals surface area contributed by atoms with E-state index in [0.717, 1.165) is 12.2 Å². The lowest BCUT2D eigenvalue weighted by Crippen LogP contribution is -2.40. The van der Waals surface area contributed by atoms with Gasteiger partial charge in [0.15, 0.2) is 0 Å². The summed E-state index contributed by atoms with van der Waals surface area (Å²) in [5.41, 5.74) is 0. The second-order valence-corrected chi connectivity index (χ2v) is 3.30. The zero-order valence-electron chi connectivity index (χ0n) is 9.33. The summed E-state index contributed by atoms with van der Waals surface area (Å²) in [5.74, 6) is 1.32. The Morgan fingerprint density at radius 3 is 2.93 bits per heavy atom. The van der Waals surface area contributed by atoms with Gasteiger partial charge in [-0.3, -0.25) is 4.79 Å². The van der Waals surface area contributed by atoms with Crippen LogP contribution in [0.25, 0.3) is 0 Å². The SMILES string of the molecule is CCc1cnc(CNC(=O)C(C)NC)o1. The maximum absolute atomic E-state index is 11.4. The van der Waals surface area contributed by atoms with E-state index in [1.165, 1.54) is 0 Å². The molecule has 0 spiro atoms. The number of nitrogens with one attached hydrogen (secondary N) is 2. The van der Waals surface area contributed by atoms with Gasteiger partial charge in [-0.15, -0.1) is 0 Å². The minimum Gasteiger partial charge on any atom is -0.444 e. The number of rotatable bonds is 5. The fraction of sp³-hybridized carbons (Fsp3) is 0.600. The van der Waals surface area contributed by atoms with Crippen molar-refractivity contribution < 1.29 is 9.21 Å². The molecule has 1 rings (SSSR count). The second kappa shape index (κ2) is 5.50. The van der Waals surface area contributed by atoms with Crippen molar-refractivity contribution >= 4 is 5.91 Å². The number of aryl methyl sites for hydroxylation is 1. The van der Waals surface area contributed by atoms with Crippen molar-refractivity contribution in [1.29, 1.82) is 0 Å². The highest BCUT2D eigenvalue weighted by atomic mass is 16.4. The number of aromatic nitrogens is 1. The largest absolute Gasteiger partial charge is 0.444 e. The average molecular weight is 211 g/mol. The zero-order valence-corrected chi connectivity index (χ0v) is 9.33. The Bertz CT molecular complexity index is 322. The zero-order chi connectivity index (χ0) is 11.3. The normalized spacial score (nSPS) is 12.5. The first-order chi connectivity index (χ1) is 7.17. The molecule has 0 radical (unpaired) electrons. The summed E-state index contributed by atoms with van der Waals surface area (Å²) < 4.78 is 5.35. The molecule has 0 aliphatic rings. The Hall–Kier alpha value is -1.36. The Morgan fingerprint density at radius 2 is 2.40 bits per heavy atom. The number of hydrogen-bond acceptors (Lipinski definition) is 4. The van der Waals surface area contributed by atoms with Crippen LogP contribution >= 0.6 is 0 Å². The Morgan fingerprint density at radius 1 is 1.67 bits per heavy atom. The van der Waals surface area contributed by atoms with Crippen LogP contribution in [0.2, 0.25) is 0 Å². The number of likely N-dealkylation sites (N-methyl/N-ethyl adjacent to an activating group) is 1. The molecule has 5 heteroatoms. The molecule has 1 atom stereocenters. The van der Waals surface area contributed by atoms with Crippen LogP contribution in [0.4, 0.5) is 0 Å². The molecule has 1 heterocycles. The van der Waals surface area contributed by atoms with E-state index < -0.39 is 0 Å². The number of carbonyl (C=O) groups excluding carboxylic acids is 1. The van der Waals surface area contributed by atoms with Crippen LogP contribution < -0.4 is 10.6 Å². The molecule has 0 saturated heterocycles. The molecule has 0 aromatic carbocycles. The number of amides is 1. The van der Waals surface area contributed by atoms with Gasteiger partial charge in [0.25, 0.3) is 0 Å². The lowest BCUT2D eigenvalue weighted by atomic mass is 10.3. The van der Waals surface area contributed by atoms with Crippen molar-refractivity contribution in [3.63, 3.8) is 0 Å². The van der Waals surface area contributed by atoms with E-state index in [1.807, 2.05) is 6.92 Å². The first-order valence-corrected chi connectivity index (χ1v) is 5.06. The van der Waals surface area contributed by atoms with E-state index in [0.29, 0.717) is 12.4 Å². The lowest BCUT2D eigenvalue weighted by molar-refractivity contribution is -0.122. The molecule has 5 nitrogen and oxygen atoms in total. The van der Waals surface area contributed by atoms with Gasteiger partial charge in [0.05, 0.1) is 18.8 Å². The summed E-state index contributed by atoms with van der Waals surface area (Å²) in [6, 6.07) is -0.203. The van der Waals surface area contributed by atoms with Crippen molar-refractivity contribution in [2.45, 2.75) is 32.9 Å². The summed E-state index contributed by atoms with van der Waals surface area (Å²) in [6.45, 7) is 4.12. The second-order valence-electron chi connectivity index (χ2n) is 3.30. The Balaban J connectivity index is 2.40. The van der Waals surface area contributed by atoms with Gasteiger partial charge < -0.3 is 15.1 Å². The van der Waals surface area contributed by atoms with E-state index in [9.17, 15) is 4.79 Å². The van der Waals surface area contributed by atoms with E-state index in [4.69, 9.17) is 4.42 Å². The molecule has 84 valence electrons. The Kier molecular flexibility index (Phi) is 4.30. The van der Waals surface area contributed by atoms with Crippen molar-refractivity contribution in [3.8, 4) is 0 Å². The van der Waals surface area contributed by atoms with Gasteiger partial charge in [0.2, 0.25) is 11.8 Å². The summed E-state index contributed by atoms with van der Waals surface area (Å²) in [5, 5.41) is 5.58. The van der Waals surface area contributed by atoms with Gasteiger partial charge in [0.1, 0.15) is 5.76 Å². The highest BCUT2D eigenvalue weighted by molar-refractivity contribution is 5.81. The molecule has 0 fully saturated rings. The van der Waals surface area contributed by atoms with Crippen LogP contribution in [-0.2, 0) is 17.8 Å². The maximum atomic E-state index is 11.4. The fourth-order valence-electron chi connectivity index (χ4n) is 1.04. The van der Waals surface area contributed by atoms with E-state index in [-0.39, 0.29) is 11.9 Å². The first kappa shape index (κ1) is 11.7. The molecule has 0 aliphatic heterocycles. The van der Waals surface area contributed by atoms with Crippen LogP contribution in [0.5, 0.6) is 0 Å². The molecule has 1 amide bonds. The predicted octanol–water partition coefficient (Wildman–Crippen LogP) is 0.461. The molecular formula is C10H17N3O2. The molecule has 1 aromatic heterocycles. The van der Waals surface area contributed by atoms with Crippen LogP contribution in [-0.4, -0.2) is 24.0 Å². The minimum absolute atomic E-state index is 0.0613. The third kappa shape index (κ3) is 3.36. The highest BCUT2D eigenvalue weighted by Gasteiger charge is 2.10. The third-order valence-corrected chi connectivity index (χ3v) is 2.19. The third-order valence-electron chi connectivity index (χ3n) is 2.19. The summed E-state index contributed by atoms with van der Waals surface area (Å²) in [7, 11) is 1.74. The lowest BCUT2D eigenvalue weighted by Gasteiger charge is -2.09. The fourth-order valence-corrected chi connectivity index (χ4v) is 1.04. The van der Waals surface area contributed by atoms with Crippen LogP contribution in [0.15, 0.2) is 10.6 Å². The summed E-state index contributed by atoms with van der Waals surface area (Å²) >= 11 is 0. The predicted molar refractivity (Wildman–Crippen MR) is 56.2 cm³/mol. The summed E-state index contributed by atoms with van der Waals surface area (Å²) in [4.78, 5) is 15.4. The quantitative estimate of drug-likeness (QED) is 0.742. The van der Waals surface area contributed by atoms with Crippen LogP contribution in [0.3, 0.4) is 0 Å². The maximum Gasteiger partial charge on any atom is 0.237 e. The van der Waals surface area contributed by atoms with Gasteiger partial charge in [-0.05, 0) is 14.0 Å². The molecule has 0 bridgehead atoms. The van der Waals surface area contributed by atoms with Gasteiger partial charge in [0, 0.05) is 6.42 Å². The van der Waals surface area contributed by atoms with Crippen molar-refractivity contribution in [2.24, 2.45) is 0 Å². The average Bonchev–Trinajstić information content (AvgIpc) is 2.72. The highest BCUT2D eigenvalue weighted by Crippen LogP contribution is 2.03. The summed E-state index contributed by atoms with van der Waals surface area (Å²) in [6.07, 6.45) is 2.50. The number of carbonyl (C=O) groups is 1. The smallest absolute Gasteiger partial charge is 0.237 e. The standard InChI is InChI=1S/C10H17N3O2/c1-4-8-5-12-9(15-8)6-13-10(14)7(2)11-3/h5,7,11H,4,6H2,1-3H3,(H,13,14). The number of hydrogen-bond donors (Lipinski definition) is 2.